The summed E-state index contributed by atoms with van der Waals surface area (Å²) in [7, 11) is 4.15. The van der Waals surface area contributed by atoms with E-state index in [4.69, 9.17) is 26.3 Å². The van der Waals surface area contributed by atoms with Gasteiger partial charge in [-0.2, -0.15) is 28.4 Å². The third kappa shape index (κ3) is 6.96. The maximum Gasteiger partial charge on any atom is 0.419 e. The molecule has 1 aliphatic carbocycles. The number of halogens is 4. The molecule has 2 unspecified atom stereocenters. The number of rotatable bonds is 7. The minimum atomic E-state index is -4.59. The second kappa shape index (κ2) is 13.2. The van der Waals surface area contributed by atoms with Crippen LogP contribution in [0, 0.1) is 11.3 Å². The molecule has 0 amide bonds. The summed E-state index contributed by atoms with van der Waals surface area (Å²) in [5, 5.41) is 9.19. The van der Waals surface area contributed by atoms with Crippen LogP contribution in [0.2, 0.25) is 5.02 Å². The van der Waals surface area contributed by atoms with Gasteiger partial charge in [-0.1, -0.05) is 23.7 Å². The van der Waals surface area contributed by atoms with E-state index in [0.29, 0.717) is 44.2 Å². The van der Waals surface area contributed by atoms with E-state index >= 15 is 0 Å². The van der Waals surface area contributed by atoms with Crippen molar-refractivity contribution in [2.45, 2.75) is 76.4 Å². The summed E-state index contributed by atoms with van der Waals surface area (Å²) in [5.74, 6) is 0.754. The highest BCUT2D eigenvalue weighted by Gasteiger charge is 2.39. The van der Waals surface area contributed by atoms with Gasteiger partial charge < -0.3 is 24.3 Å². The third-order valence-corrected chi connectivity index (χ3v) is 9.05. The Bertz CT molecular complexity index is 1360. The minimum absolute atomic E-state index is 0.00924. The molecule has 0 spiro atoms. The van der Waals surface area contributed by atoms with Crippen molar-refractivity contribution < 1.29 is 17.9 Å². The topological polar surface area (TPSA) is 71.8 Å². The van der Waals surface area contributed by atoms with Crippen molar-refractivity contribution >= 4 is 23.1 Å². The van der Waals surface area contributed by atoms with Gasteiger partial charge in [-0.25, -0.2) is 0 Å². The molecule has 0 radical (unpaired) electrons. The normalized spacial score (nSPS) is 23.0. The Morgan fingerprint density at radius 2 is 1.98 bits per heavy atom. The lowest BCUT2D eigenvalue weighted by Gasteiger charge is -2.42. The Morgan fingerprint density at radius 3 is 2.70 bits per heavy atom. The second-order valence-electron chi connectivity index (χ2n) is 11.8. The Labute approximate surface area is 256 Å². The molecule has 3 aliphatic rings. The molecule has 43 heavy (non-hydrogen) atoms. The summed E-state index contributed by atoms with van der Waals surface area (Å²) in [6, 6.07) is 7.25. The Morgan fingerprint density at radius 1 is 1.16 bits per heavy atom. The molecular weight excluding hydrogens is 579 g/mol. The largest absolute Gasteiger partial charge is 0.460 e. The van der Waals surface area contributed by atoms with Gasteiger partial charge in [0.2, 0.25) is 0 Å². The number of alkyl halides is 3. The number of ether oxygens (including phenoxy) is 1. The van der Waals surface area contributed by atoms with Gasteiger partial charge in [-0.05, 0) is 71.5 Å². The van der Waals surface area contributed by atoms with E-state index in [1.54, 1.807) is 11.0 Å². The van der Waals surface area contributed by atoms with E-state index in [0.717, 1.165) is 43.6 Å². The molecular formula is C31H39ClF3N7O. The number of allylic oxidation sites excluding steroid dienone is 1. The molecule has 1 saturated carbocycles. The number of anilines is 2. The third-order valence-electron chi connectivity index (χ3n) is 8.73. The fraction of sp³-hybridized carbons (Fsp3) is 0.581. The molecule has 8 nitrogen and oxygen atoms in total. The molecule has 2 aromatic rings. The van der Waals surface area contributed by atoms with E-state index in [1.807, 2.05) is 19.2 Å². The smallest absolute Gasteiger partial charge is 0.419 e. The summed E-state index contributed by atoms with van der Waals surface area (Å²) < 4.78 is 48.6. The minimum Gasteiger partial charge on any atom is -0.460 e. The molecule has 3 atom stereocenters. The Kier molecular flexibility index (Phi) is 9.57. The van der Waals surface area contributed by atoms with Crippen LogP contribution < -0.4 is 14.5 Å². The van der Waals surface area contributed by atoms with Gasteiger partial charge in [0.25, 0.3) is 0 Å². The fourth-order valence-corrected chi connectivity index (χ4v) is 6.82. The SMILES string of the molecule is CC=CN1CCN(c2nc(OC3CCCC(N(C)C)C3)nc3c2CCN(c2cccc(Cl)c2C(F)(F)F)C3)C[C@@H]1CC#N. The lowest BCUT2D eigenvalue weighted by molar-refractivity contribution is -0.137. The summed E-state index contributed by atoms with van der Waals surface area (Å²) in [4.78, 5) is 18.1. The molecule has 232 valence electrons. The number of hydrogen-bond donors (Lipinski definition) is 0. The van der Waals surface area contributed by atoms with Crippen LogP contribution in [0.5, 0.6) is 6.01 Å². The van der Waals surface area contributed by atoms with E-state index in [-0.39, 0.29) is 35.4 Å². The van der Waals surface area contributed by atoms with Crippen LogP contribution in [0.1, 0.15) is 55.8 Å². The van der Waals surface area contributed by atoms with Crippen molar-refractivity contribution in [2.75, 3.05) is 50.1 Å². The number of piperazine rings is 1. The zero-order valence-electron chi connectivity index (χ0n) is 24.9. The van der Waals surface area contributed by atoms with Gasteiger partial charge in [-0.3, -0.25) is 0 Å². The van der Waals surface area contributed by atoms with Gasteiger partial charge in [0.05, 0.1) is 47.0 Å². The molecule has 2 fully saturated rings. The van der Waals surface area contributed by atoms with Crippen molar-refractivity contribution in [1.29, 1.82) is 5.26 Å². The fourth-order valence-electron chi connectivity index (χ4n) is 6.55. The highest BCUT2D eigenvalue weighted by molar-refractivity contribution is 6.31. The van der Waals surface area contributed by atoms with Crippen molar-refractivity contribution in [2.24, 2.45) is 0 Å². The predicted molar refractivity (Wildman–Crippen MR) is 161 cm³/mol. The summed E-state index contributed by atoms with van der Waals surface area (Å²) in [6.07, 6.45) is 4.10. The van der Waals surface area contributed by atoms with E-state index < -0.39 is 11.7 Å². The zero-order valence-corrected chi connectivity index (χ0v) is 25.7. The van der Waals surface area contributed by atoms with Crippen molar-refractivity contribution in [3.05, 3.63) is 52.3 Å². The molecule has 0 N–H and O–H groups in total. The van der Waals surface area contributed by atoms with Crippen molar-refractivity contribution in [3.8, 4) is 12.1 Å². The lowest BCUT2D eigenvalue weighted by Crippen LogP contribution is -2.51. The van der Waals surface area contributed by atoms with Crippen LogP contribution in [-0.4, -0.2) is 78.2 Å². The molecule has 0 bridgehead atoms. The lowest BCUT2D eigenvalue weighted by atomic mass is 9.92. The molecule has 3 heterocycles. The first-order chi connectivity index (χ1) is 20.6. The first-order valence-corrected chi connectivity index (χ1v) is 15.3. The maximum atomic E-state index is 14.1. The Balaban J connectivity index is 1.50. The zero-order chi connectivity index (χ0) is 30.7. The number of aromatic nitrogens is 2. The summed E-state index contributed by atoms with van der Waals surface area (Å²) >= 11 is 6.07. The monoisotopic (exact) mass is 617 g/mol. The molecule has 1 saturated heterocycles. The van der Waals surface area contributed by atoms with Crippen molar-refractivity contribution in [3.63, 3.8) is 0 Å². The maximum absolute atomic E-state index is 14.1. The summed E-state index contributed by atoms with van der Waals surface area (Å²) in [6.45, 7) is 4.52. The Hall–Kier alpha value is -3.23. The van der Waals surface area contributed by atoms with Gasteiger partial charge in [0.15, 0.2) is 0 Å². The van der Waals surface area contributed by atoms with Gasteiger partial charge in [0.1, 0.15) is 11.9 Å². The number of nitriles is 1. The van der Waals surface area contributed by atoms with Crippen LogP contribution in [0.4, 0.5) is 24.7 Å². The first-order valence-electron chi connectivity index (χ1n) is 14.9. The number of benzene rings is 1. The van der Waals surface area contributed by atoms with Crippen LogP contribution >= 0.6 is 11.6 Å². The van der Waals surface area contributed by atoms with Crippen LogP contribution in [0.3, 0.4) is 0 Å². The van der Waals surface area contributed by atoms with E-state index in [2.05, 4.69) is 34.9 Å². The number of nitrogens with zero attached hydrogens (tertiary/aromatic N) is 7. The number of fused-ring (bicyclic) bond motifs is 1. The average Bonchev–Trinajstić information content (AvgIpc) is 2.97. The molecule has 1 aromatic heterocycles. The average molecular weight is 618 g/mol. The van der Waals surface area contributed by atoms with Crippen LogP contribution in [0.15, 0.2) is 30.5 Å². The molecule has 5 rings (SSSR count). The predicted octanol–water partition coefficient (Wildman–Crippen LogP) is 5.90. The first kappa shape index (κ1) is 31.2. The van der Waals surface area contributed by atoms with E-state index in [9.17, 15) is 18.4 Å². The quantitative estimate of drug-likeness (QED) is 0.380. The van der Waals surface area contributed by atoms with Crippen LogP contribution in [0.25, 0.3) is 0 Å². The highest BCUT2D eigenvalue weighted by Crippen LogP contribution is 2.43. The van der Waals surface area contributed by atoms with Crippen LogP contribution in [-0.2, 0) is 19.1 Å². The van der Waals surface area contributed by atoms with Gasteiger partial charge in [-0.15, -0.1) is 0 Å². The standard InChI is InChI=1S/C31H39ClF3N7O/c1-4-14-40-16-17-42(19-22(40)11-13-36)29-24-12-15-41(27-10-6-9-25(32)28(27)31(33,34)35)20-26(24)37-30(38-29)43-23-8-5-7-21(18-23)39(2)3/h4,6,9-10,14,21-23H,5,7-8,11-12,15-20H2,1-3H3/t21?,22-,23?/m0/s1. The molecule has 2 aliphatic heterocycles. The molecule has 1 aromatic carbocycles. The summed E-state index contributed by atoms with van der Waals surface area (Å²) in [5.41, 5.74) is 0.793. The number of hydrogen-bond acceptors (Lipinski definition) is 8. The van der Waals surface area contributed by atoms with Crippen molar-refractivity contribution in [1.82, 2.24) is 19.8 Å². The molecule has 12 heteroatoms. The van der Waals surface area contributed by atoms with E-state index in [1.165, 1.54) is 12.1 Å². The second-order valence-corrected chi connectivity index (χ2v) is 12.2. The van der Waals surface area contributed by atoms with Gasteiger partial charge in [0, 0.05) is 37.8 Å². The highest BCUT2D eigenvalue weighted by atomic mass is 35.5. The van der Waals surface area contributed by atoms with Gasteiger partial charge >= 0.3 is 12.2 Å².